The van der Waals surface area contributed by atoms with Gasteiger partial charge in [-0.05, 0) is 30.7 Å². The van der Waals surface area contributed by atoms with Crippen LogP contribution in [-0.2, 0) is 0 Å². The van der Waals surface area contributed by atoms with Crippen molar-refractivity contribution in [1.29, 1.82) is 0 Å². The predicted molar refractivity (Wildman–Crippen MR) is 96.1 cm³/mol. The Bertz CT molecular complexity index is 826. The molecule has 0 bridgehead atoms. The molecule has 0 aliphatic carbocycles. The van der Waals surface area contributed by atoms with E-state index in [0.29, 0.717) is 16.8 Å². The van der Waals surface area contributed by atoms with Gasteiger partial charge in [-0.2, -0.15) is 0 Å². The Kier molecular flexibility index (Phi) is 4.73. The summed E-state index contributed by atoms with van der Waals surface area (Å²) in [6, 6.07) is 24.1. The summed E-state index contributed by atoms with van der Waals surface area (Å²) in [5, 5.41) is 13.5. The van der Waals surface area contributed by atoms with E-state index in [-0.39, 0.29) is 5.91 Å². The van der Waals surface area contributed by atoms with Crippen molar-refractivity contribution < 1.29 is 9.90 Å². The molecule has 3 aromatic rings. The molecule has 0 unspecified atom stereocenters. The van der Waals surface area contributed by atoms with Gasteiger partial charge in [0, 0.05) is 16.8 Å². The largest absolute Gasteiger partial charge is 0.384 e. The van der Waals surface area contributed by atoms with Crippen molar-refractivity contribution in [3.8, 4) is 0 Å². The van der Waals surface area contributed by atoms with Crippen molar-refractivity contribution in [2.24, 2.45) is 0 Å². The molecule has 3 aromatic carbocycles. The molecule has 0 heterocycles. The molecule has 1 atom stereocenters. The van der Waals surface area contributed by atoms with E-state index in [0.717, 1.165) is 11.1 Å². The first-order valence-corrected chi connectivity index (χ1v) is 7.85. The fraction of sp³-hybridized carbons (Fsp3) is 0.0952. The number of rotatable bonds is 4. The van der Waals surface area contributed by atoms with Crippen LogP contribution < -0.4 is 5.32 Å². The van der Waals surface area contributed by atoms with Gasteiger partial charge in [0.1, 0.15) is 6.10 Å². The smallest absolute Gasteiger partial charge is 0.255 e. The first kappa shape index (κ1) is 16.0. The lowest BCUT2D eigenvalue weighted by Crippen LogP contribution is -2.14. The summed E-state index contributed by atoms with van der Waals surface area (Å²) in [5.74, 6) is -0.192. The number of carbonyl (C=O) groups is 1. The lowest BCUT2D eigenvalue weighted by molar-refractivity contribution is 0.102. The number of anilines is 1. The SMILES string of the molecule is Cc1ccc(C(=O)Nc2ccccc2[C@@H](O)c2ccccc2)cc1. The van der Waals surface area contributed by atoms with Crippen LogP contribution in [0.5, 0.6) is 0 Å². The Balaban J connectivity index is 1.87. The Morgan fingerprint density at radius 1 is 0.875 bits per heavy atom. The monoisotopic (exact) mass is 317 g/mol. The summed E-state index contributed by atoms with van der Waals surface area (Å²) < 4.78 is 0. The molecule has 0 aromatic heterocycles. The summed E-state index contributed by atoms with van der Waals surface area (Å²) in [6.07, 6.45) is -0.791. The van der Waals surface area contributed by atoms with Crippen LogP contribution in [0.25, 0.3) is 0 Å². The van der Waals surface area contributed by atoms with Crippen LogP contribution in [0.1, 0.15) is 33.2 Å². The molecule has 0 saturated carbocycles. The van der Waals surface area contributed by atoms with Crippen LogP contribution in [0.3, 0.4) is 0 Å². The second kappa shape index (κ2) is 7.11. The summed E-state index contributed by atoms with van der Waals surface area (Å²) in [6.45, 7) is 1.98. The predicted octanol–water partition coefficient (Wildman–Crippen LogP) is 4.33. The number of amides is 1. The van der Waals surface area contributed by atoms with Crippen molar-refractivity contribution in [2.45, 2.75) is 13.0 Å². The van der Waals surface area contributed by atoms with Crippen molar-refractivity contribution in [2.75, 3.05) is 5.32 Å². The van der Waals surface area contributed by atoms with Gasteiger partial charge in [-0.15, -0.1) is 0 Å². The molecule has 1 amide bonds. The maximum Gasteiger partial charge on any atom is 0.255 e. The van der Waals surface area contributed by atoms with E-state index < -0.39 is 6.10 Å². The van der Waals surface area contributed by atoms with Crippen molar-refractivity contribution in [1.82, 2.24) is 0 Å². The molecule has 0 fully saturated rings. The van der Waals surface area contributed by atoms with Gasteiger partial charge in [-0.3, -0.25) is 4.79 Å². The van der Waals surface area contributed by atoms with E-state index in [2.05, 4.69) is 5.32 Å². The van der Waals surface area contributed by atoms with Gasteiger partial charge in [-0.1, -0.05) is 66.2 Å². The van der Waals surface area contributed by atoms with E-state index in [1.807, 2.05) is 67.6 Å². The highest BCUT2D eigenvalue weighted by molar-refractivity contribution is 6.04. The molecule has 0 saturated heterocycles. The highest BCUT2D eigenvalue weighted by Gasteiger charge is 2.16. The number of aliphatic hydroxyl groups excluding tert-OH is 1. The lowest BCUT2D eigenvalue weighted by Gasteiger charge is -2.16. The Labute approximate surface area is 141 Å². The van der Waals surface area contributed by atoms with Gasteiger partial charge in [0.05, 0.1) is 0 Å². The molecule has 2 N–H and O–H groups in total. The molecule has 3 nitrogen and oxygen atoms in total. The third kappa shape index (κ3) is 3.53. The second-order valence-corrected chi connectivity index (χ2v) is 5.72. The van der Waals surface area contributed by atoms with Crippen LogP contribution in [-0.4, -0.2) is 11.0 Å². The lowest BCUT2D eigenvalue weighted by atomic mass is 9.99. The fourth-order valence-electron chi connectivity index (χ4n) is 2.56. The number of hydrogen-bond acceptors (Lipinski definition) is 2. The zero-order valence-corrected chi connectivity index (χ0v) is 13.4. The van der Waals surface area contributed by atoms with E-state index in [1.54, 1.807) is 18.2 Å². The third-order valence-electron chi connectivity index (χ3n) is 3.93. The first-order chi connectivity index (χ1) is 11.6. The molecule has 120 valence electrons. The van der Waals surface area contributed by atoms with Crippen molar-refractivity contribution in [3.63, 3.8) is 0 Å². The van der Waals surface area contributed by atoms with Crippen LogP contribution in [0.2, 0.25) is 0 Å². The number of hydrogen-bond donors (Lipinski definition) is 2. The molecular weight excluding hydrogens is 298 g/mol. The number of benzene rings is 3. The number of carbonyl (C=O) groups excluding carboxylic acids is 1. The Hall–Kier alpha value is -2.91. The van der Waals surface area contributed by atoms with E-state index in [9.17, 15) is 9.90 Å². The van der Waals surface area contributed by atoms with Crippen LogP contribution >= 0.6 is 0 Å². The Morgan fingerprint density at radius 2 is 1.50 bits per heavy atom. The van der Waals surface area contributed by atoms with Gasteiger partial charge in [0.25, 0.3) is 5.91 Å². The van der Waals surface area contributed by atoms with Gasteiger partial charge in [0.2, 0.25) is 0 Å². The number of aryl methyl sites for hydroxylation is 1. The number of para-hydroxylation sites is 1. The molecule has 3 rings (SSSR count). The molecule has 0 spiro atoms. The zero-order chi connectivity index (χ0) is 16.9. The average molecular weight is 317 g/mol. The molecule has 0 aliphatic rings. The van der Waals surface area contributed by atoms with E-state index >= 15 is 0 Å². The standard InChI is InChI=1S/C21H19NO2/c1-15-11-13-17(14-12-15)21(24)22-19-10-6-5-9-18(19)20(23)16-7-3-2-4-8-16/h2-14,20,23H,1H3,(H,22,24)/t20-/m0/s1. The summed E-state index contributed by atoms with van der Waals surface area (Å²) in [7, 11) is 0. The Morgan fingerprint density at radius 3 is 2.21 bits per heavy atom. The fourth-order valence-corrected chi connectivity index (χ4v) is 2.56. The molecule has 0 aliphatic heterocycles. The van der Waals surface area contributed by atoms with Gasteiger partial charge >= 0.3 is 0 Å². The minimum Gasteiger partial charge on any atom is -0.384 e. The first-order valence-electron chi connectivity index (χ1n) is 7.85. The summed E-state index contributed by atoms with van der Waals surface area (Å²) >= 11 is 0. The number of nitrogens with one attached hydrogen (secondary N) is 1. The van der Waals surface area contributed by atoms with Crippen LogP contribution in [0.15, 0.2) is 78.9 Å². The molecular formula is C21H19NO2. The summed E-state index contributed by atoms with van der Waals surface area (Å²) in [5.41, 5.74) is 3.76. The average Bonchev–Trinajstić information content (AvgIpc) is 2.63. The normalized spacial score (nSPS) is 11.8. The zero-order valence-electron chi connectivity index (χ0n) is 13.4. The van der Waals surface area contributed by atoms with E-state index in [4.69, 9.17) is 0 Å². The maximum atomic E-state index is 12.4. The van der Waals surface area contributed by atoms with Crippen molar-refractivity contribution in [3.05, 3.63) is 101 Å². The minimum absolute atomic E-state index is 0.192. The van der Waals surface area contributed by atoms with Gasteiger partial charge < -0.3 is 10.4 Å². The highest BCUT2D eigenvalue weighted by Crippen LogP contribution is 2.28. The minimum atomic E-state index is -0.791. The highest BCUT2D eigenvalue weighted by atomic mass is 16.3. The number of aliphatic hydroxyl groups is 1. The van der Waals surface area contributed by atoms with Gasteiger partial charge in [-0.25, -0.2) is 0 Å². The maximum absolute atomic E-state index is 12.4. The molecule has 0 radical (unpaired) electrons. The van der Waals surface area contributed by atoms with Crippen molar-refractivity contribution >= 4 is 11.6 Å². The quantitative estimate of drug-likeness (QED) is 0.752. The second-order valence-electron chi connectivity index (χ2n) is 5.72. The topological polar surface area (TPSA) is 49.3 Å². The summed E-state index contributed by atoms with van der Waals surface area (Å²) in [4.78, 5) is 12.4. The molecule has 3 heteroatoms. The molecule has 24 heavy (non-hydrogen) atoms. The van der Waals surface area contributed by atoms with E-state index in [1.165, 1.54) is 0 Å². The van der Waals surface area contributed by atoms with Crippen LogP contribution in [0, 0.1) is 6.92 Å². The van der Waals surface area contributed by atoms with Crippen LogP contribution in [0.4, 0.5) is 5.69 Å². The third-order valence-corrected chi connectivity index (χ3v) is 3.93. The van der Waals surface area contributed by atoms with Gasteiger partial charge in [0.15, 0.2) is 0 Å².